The van der Waals surface area contributed by atoms with Crippen molar-refractivity contribution in [3.05, 3.63) is 59.7 Å². The van der Waals surface area contributed by atoms with Gasteiger partial charge in [-0.15, -0.1) is 0 Å². The van der Waals surface area contributed by atoms with Crippen LogP contribution in [0.25, 0.3) is 0 Å². The summed E-state index contributed by atoms with van der Waals surface area (Å²) in [5.41, 5.74) is 0.251. The molecule has 2 aliphatic heterocycles. The number of benzene rings is 2. The largest absolute Gasteiger partial charge is 0.491 e. The summed E-state index contributed by atoms with van der Waals surface area (Å²) in [6.45, 7) is 41.0. The molecule has 0 aromatic heterocycles. The number of rotatable bonds is 44. The summed E-state index contributed by atoms with van der Waals surface area (Å²) < 4.78 is 89.8. The maximum absolute atomic E-state index is 13.9. The lowest BCUT2D eigenvalue weighted by molar-refractivity contribution is -0.157. The fraction of sp³-hybridized carbons (Fsp3) is 0.786. The van der Waals surface area contributed by atoms with Crippen molar-refractivity contribution in [3.63, 3.8) is 0 Å². The Labute approximate surface area is 682 Å². The zero-order valence-corrected chi connectivity index (χ0v) is 73.2. The summed E-state index contributed by atoms with van der Waals surface area (Å²) in [7, 11) is 8.31. The molecule has 0 aliphatic carbocycles. The summed E-state index contributed by atoms with van der Waals surface area (Å²) in [5, 5.41) is 7.00. The number of nitrogens with one attached hydrogen (secondary N) is 2. The van der Waals surface area contributed by atoms with Crippen LogP contribution in [0.5, 0.6) is 11.5 Å². The molecule has 6 atom stereocenters. The van der Waals surface area contributed by atoms with Crippen molar-refractivity contribution in [1.82, 2.24) is 40.0 Å². The van der Waals surface area contributed by atoms with Crippen molar-refractivity contribution in [2.24, 2.45) is 0 Å². The van der Waals surface area contributed by atoms with Crippen LogP contribution in [-0.2, 0) is 108 Å². The first-order chi connectivity index (χ1) is 54.2. The molecule has 0 saturated carbocycles. The highest BCUT2D eigenvalue weighted by atomic mass is 16.6. The highest BCUT2D eigenvalue weighted by Crippen LogP contribution is 2.23. The Bertz CT molecular complexity index is 2860. The number of carbonyl (C=O) groups excluding carboxylic acids is 6. The molecule has 2 aliphatic rings. The van der Waals surface area contributed by atoms with E-state index in [4.69, 9.17) is 75.8 Å². The second kappa shape index (κ2) is 56.6. The average molecular weight is 1620 g/mol. The average Bonchev–Trinajstić information content (AvgIpc) is 0.829. The Morgan fingerprint density at radius 3 is 0.781 bits per heavy atom. The van der Waals surface area contributed by atoms with Crippen LogP contribution in [0.15, 0.2) is 48.5 Å². The Hall–Kier alpha value is -5.78. The van der Waals surface area contributed by atoms with Crippen molar-refractivity contribution < 1.29 is 105 Å². The zero-order valence-electron chi connectivity index (χ0n) is 73.2. The van der Waals surface area contributed by atoms with Crippen LogP contribution < -0.4 is 20.1 Å². The molecule has 0 bridgehead atoms. The van der Waals surface area contributed by atoms with Crippen LogP contribution in [0.1, 0.15) is 134 Å². The number of hydrogen-bond donors (Lipinski definition) is 2. The fourth-order valence-electron chi connectivity index (χ4n) is 12.7. The van der Waals surface area contributed by atoms with Gasteiger partial charge in [0.15, 0.2) is 0 Å². The van der Waals surface area contributed by atoms with Gasteiger partial charge in [0.2, 0.25) is 0 Å². The minimum Gasteiger partial charge on any atom is -0.491 e. The van der Waals surface area contributed by atoms with Crippen LogP contribution in [0.3, 0.4) is 0 Å². The number of ether oxygens (including phenoxy) is 16. The molecule has 30 nitrogen and oxygen atoms in total. The number of methoxy groups -OCH3 is 6. The molecule has 114 heavy (non-hydrogen) atoms. The van der Waals surface area contributed by atoms with Gasteiger partial charge in [0.25, 0.3) is 0 Å². The molecule has 2 aromatic rings. The van der Waals surface area contributed by atoms with Crippen molar-refractivity contribution in [2.75, 3.05) is 240 Å². The lowest BCUT2D eigenvalue weighted by Gasteiger charge is -2.41. The van der Waals surface area contributed by atoms with Gasteiger partial charge >= 0.3 is 35.8 Å². The Morgan fingerprint density at radius 2 is 0.535 bits per heavy atom. The van der Waals surface area contributed by atoms with Crippen LogP contribution in [0.2, 0.25) is 0 Å². The van der Waals surface area contributed by atoms with Crippen LogP contribution in [0.4, 0.5) is 0 Å². The van der Waals surface area contributed by atoms with E-state index in [1.807, 2.05) is 148 Å². The maximum Gasteiger partial charge on any atom is 0.325 e. The number of esters is 6. The van der Waals surface area contributed by atoms with E-state index in [-0.39, 0.29) is 63.1 Å². The lowest BCUT2D eigenvalue weighted by atomic mass is 10.0. The number of hydrogen-bond acceptors (Lipinski definition) is 30. The summed E-state index contributed by atoms with van der Waals surface area (Å²) in [6.07, 6.45) is 4.23. The summed E-state index contributed by atoms with van der Waals surface area (Å²) >= 11 is 0. The zero-order chi connectivity index (χ0) is 84.5. The van der Waals surface area contributed by atoms with Crippen LogP contribution >= 0.6 is 0 Å². The fourth-order valence-corrected chi connectivity index (χ4v) is 12.7. The third-order valence-electron chi connectivity index (χ3n) is 19.1. The third-order valence-corrected chi connectivity index (χ3v) is 19.1. The topological polar surface area (TPSA) is 294 Å². The molecule has 0 radical (unpaired) electrons. The minimum atomic E-state index is -0.824. The van der Waals surface area contributed by atoms with Crippen molar-refractivity contribution in [1.29, 1.82) is 0 Å². The highest BCUT2D eigenvalue weighted by Gasteiger charge is 2.39. The molecule has 0 spiro atoms. The number of aryl methyl sites for hydroxylation is 2. The van der Waals surface area contributed by atoms with Gasteiger partial charge in [-0.3, -0.25) is 58.2 Å². The van der Waals surface area contributed by atoms with Gasteiger partial charge in [0, 0.05) is 118 Å². The Balaban J connectivity index is 0.000000635. The van der Waals surface area contributed by atoms with E-state index in [2.05, 4.69) is 37.5 Å². The van der Waals surface area contributed by atoms with E-state index >= 15 is 0 Å². The van der Waals surface area contributed by atoms with Gasteiger partial charge in [0.05, 0.1) is 131 Å². The number of nitrogens with zero attached hydrogens (tertiary/aromatic N) is 6. The van der Waals surface area contributed by atoms with E-state index in [9.17, 15) is 28.8 Å². The van der Waals surface area contributed by atoms with Gasteiger partial charge in [-0.25, -0.2) is 0 Å². The van der Waals surface area contributed by atoms with E-state index in [0.29, 0.717) is 183 Å². The molecular formula is C84H148N8O22. The first-order valence-electron chi connectivity index (χ1n) is 40.9. The maximum atomic E-state index is 13.9. The molecule has 30 heteroatoms. The van der Waals surface area contributed by atoms with Crippen molar-refractivity contribution in [3.8, 4) is 11.5 Å². The van der Waals surface area contributed by atoms with E-state index in [0.717, 1.165) is 29.9 Å². The van der Waals surface area contributed by atoms with Crippen molar-refractivity contribution >= 4 is 35.8 Å². The number of carbonyl (C=O) groups is 6. The second-order valence-electron chi connectivity index (χ2n) is 32.0. The standard InChI is InChI=1S/C50H88N4O14.C34H60N4O8/c1-15-63-31-32-64-33-34-65-39-21-19-38(20-22-39)17-16-18-40(44(55)59-11)51-23-25-52(41(45(56)60-12)35-66-48(2,3)4)27-29-54(43(47(58)62-14)37-68-50(8,9)10)30-28-53(26-24-51)42(46(57)61-13)36-67-49(5,6)7;1-7-43-23-24-44-25-26-45-29-13-11-28(12-14-29)9-8-10-30(32(39)41-5)37-19-15-35-17-21-38(22-18-36-16-20-37)31(33(40)42-6)27-46-34(2,3)4/h19-22,40-43H,15-18,23-37H2,1-14H3;11-14,30-31,35-36H,7-10,15-27H2,1-6H3/t40-,41-,42-,43+;30-,31+/m00/s1. The molecule has 2 N–H and O–H groups in total. The van der Waals surface area contributed by atoms with Crippen molar-refractivity contribution in [2.45, 2.75) is 194 Å². The molecule has 2 heterocycles. The third kappa shape index (κ3) is 43.6. The molecule has 656 valence electrons. The van der Waals surface area contributed by atoms with Crippen LogP contribution in [0, 0.1) is 0 Å². The molecule has 4 rings (SSSR count). The highest BCUT2D eigenvalue weighted by molar-refractivity contribution is 5.78. The van der Waals surface area contributed by atoms with Gasteiger partial charge in [-0.1, -0.05) is 24.3 Å². The lowest BCUT2D eigenvalue weighted by Crippen LogP contribution is -2.58. The quantitative estimate of drug-likeness (QED) is 0.0411. The van der Waals surface area contributed by atoms with E-state index < -0.39 is 70.9 Å². The molecular weight excluding hydrogens is 1470 g/mol. The van der Waals surface area contributed by atoms with E-state index in [1.54, 1.807) is 0 Å². The summed E-state index contributed by atoms with van der Waals surface area (Å²) in [6, 6.07) is 12.1. The van der Waals surface area contributed by atoms with Gasteiger partial charge < -0.3 is 86.4 Å². The van der Waals surface area contributed by atoms with Crippen LogP contribution in [-0.4, -0.2) is 364 Å². The summed E-state index contributed by atoms with van der Waals surface area (Å²) in [5.74, 6) is -0.766. The Morgan fingerprint density at radius 1 is 0.316 bits per heavy atom. The normalized spacial score (nSPS) is 17.4. The monoisotopic (exact) mass is 1620 g/mol. The molecule has 2 aromatic carbocycles. The molecule has 0 amide bonds. The molecule has 2 saturated heterocycles. The second-order valence-corrected chi connectivity index (χ2v) is 32.0. The minimum absolute atomic E-state index is 0.0367. The smallest absolute Gasteiger partial charge is 0.325 e. The van der Waals surface area contributed by atoms with Gasteiger partial charge in [0.1, 0.15) is 61.0 Å². The first-order valence-corrected chi connectivity index (χ1v) is 40.9. The summed E-state index contributed by atoms with van der Waals surface area (Å²) in [4.78, 5) is 92.8. The molecule has 0 unspecified atom stereocenters. The van der Waals surface area contributed by atoms with E-state index in [1.165, 1.54) is 48.2 Å². The predicted octanol–water partition coefficient (Wildman–Crippen LogP) is 6.41. The molecule has 2 fully saturated rings. The van der Waals surface area contributed by atoms with Gasteiger partial charge in [-0.05, 0) is 171 Å². The Kier molecular flexibility index (Phi) is 50.8. The predicted molar refractivity (Wildman–Crippen MR) is 437 cm³/mol. The van der Waals surface area contributed by atoms with Gasteiger partial charge in [-0.2, -0.15) is 0 Å². The SMILES string of the molecule is CCOCCOCCOc1ccc(CCC[C@@H](C(=O)OC)N2CCN([C@@H](COC(C)(C)C)C(=O)OC)CCN([C@H](COC(C)(C)C)C(=O)OC)CCN([C@@H](COC(C)(C)C)C(=O)OC)CC2)cc1.CCOCCOCCOc1ccc(CCC[C@@H](C(=O)OC)N2CCNCCN([C@H](COC(C)(C)C)C(=O)OC)CCNCC2)cc1. The first kappa shape index (κ1) is 102.